The van der Waals surface area contributed by atoms with E-state index in [4.69, 9.17) is 14.6 Å². The van der Waals surface area contributed by atoms with Crippen LogP contribution in [0.1, 0.15) is 20.8 Å². The molecule has 0 aromatic rings. The molecular weight excluding hydrogens is 252 g/mol. The van der Waals surface area contributed by atoms with Gasteiger partial charge in [-0.1, -0.05) is 0 Å². The summed E-state index contributed by atoms with van der Waals surface area (Å²) in [6.07, 6.45) is 0. The number of carbonyl (C=O) groups is 2. The largest absolute Gasteiger partial charge is 0.480 e. The average Bonchev–Trinajstić information content (AvgIpc) is 2.28. The quantitative estimate of drug-likeness (QED) is 0.675. The number of carboxylic acids is 1. The molecule has 0 saturated heterocycles. The van der Waals surface area contributed by atoms with E-state index in [1.807, 2.05) is 6.92 Å². The molecule has 0 rings (SSSR count). The summed E-state index contributed by atoms with van der Waals surface area (Å²) in [4.78, 5) is 24.6. The van der Waals surface area contributed by atoms with E-state index < -0.39 is 17.5 Å². The predicted octanol–water partition coefficient (Wildman–Crippen LogP) is 0.543. The zero-order valence-electron chi connectivity index (χ0n) is 12.2. The molecule has 7 nitrogen and oxygen atoms in total. The number of carbonyl (C=O) groups excluding carboxylic acids is 1. The highest BCUT2D eigenvalue weighted by Gasteiger charge is 2.32. The Labute approximate surface area is 113 Å². The summed E-state index contributed by atoms with van der Waals surface area (Å²) in [5.41, 5.74) is -1.32. The lowest BCUT2D eigenvalue weighted by molar-refractivity contribution is -0.143. The minimum absolute atomic E-state index is 0.176. The molecule has 7 heteroatoms. The first-order chi connectivity index (χ1) is 8.76. The number of hydrogen-bond donors (Lipinski definition) is 2. The van der Waals surface area contributed by atoms with Gasteiger partial charge in [0.05, 0.1) is 19.3 Å². The SMILES string of the molecule is COCCN(C(=O)NC(C)(C)C(=O)O)C(C)COC. The van der Waals surface area contributed by atoms with Crippen molar-refractivity contribution in [3.63, 3.8) is 0 Å². The van der Waals surface area contributed by atoms with Crippen molar-refractivity contribution in [2.24, 2.45) is 0 Å². The van der Waals surface area contributed by atoms with Crippen molar-refractivity contribution in [2.75, 3.05) is 34.0 Å². The Morgan fingerprint density at radius 3 is 2.32 bits per heavy atom. The van der Waals surface area contributed by atoms with Crippen LogP contribution in [0.15, 0.2) is 0 Å². The first kappa shape index (κ1) is 17.7. The van der Waals surface area contributed by atoms with Crippen molar-refractivity contribution in [3.05, 3.63) is 0 Å². The third kappa shape index (κ3) is 5.89. The smallest absolute Gasteiger partial charge is 0.328 e. The third-order valence-corrected chi connectivity index (χ3v) is 2.69. The van der Waals surface area contributed by atoms with Gasteiger partial charge in [-0.3, -0.25) is 0 Å². The molecule has 0 fully saturated rings. The monoisotopic (exact) mass is 276 g/mol. The van der Waals surface area contributed by atoms with E-state index in [2.05, 4.69) is 5.32 Å². The van der Waals surface area contributed by atoms with Gasteiger partial charge in [-0.15, -0.1) is 0 Å². The van der Waals surface area contributed by atoms with Gasteiger partial charge in [-0.2, -0.15) is 0 Å². The van der Waals surface area contributed by atoms with Crippen LogP contribution in [0.2, 0.25) is 0 Å². The fourth-order valence-electron chi connectivity index (χ4n) is 1.44. The predicted molar refractivity (Wildman–Crippen MR) is 70.2 cm³/mol. The van der Waals surface area contributed by atoms with E-state index in [1.165, 1.54) is 25.9 Å². The topological polar surface area (TPSA) is 88.1 Å². The number of nitrogens with one attached hydrogen (secondary N) is 1. The van der Waals surface area contributed by atoms with Crippen LogP contribution >= 0.6 is 0 Å². The Hall–Kier alpha value is -1.34. The molecule has 0 aliphatic heterocycles. The van der Waals surface area contributed by atoms with Crippen LogP contribution in [-0.4, -0.2) is 67.6 Å². The maximum atomic E-state index is 12.1. The molecule has 0 radical (unpaired) electrons. The highest BCUT2D eigenvalue weighted by atomic mass is 16.5. The number of ether oxygens (including phenoxy) is 2. The molecule has 0 saturated carbocycles. The number of urea groups is 1. The number of amides is 2. The summed E-state index contributed by atoms with van der Waals surface area (Å²) in [6.45, 7) is 5.79. The number of carboxylic acid groups (broad SMARTS) is 1. The van der Waals surface area contributed by atoms with Gasteiger partial charge in [-0.05, 0) is 20.8 Å². The van der Waals surface area contributed by atoms with Crippen LogP contribution < -0.4 is 5.32 Å². The van der Waals surface area contributed by atoms with Crippen molar-refractivity contribution in [1.29, 1.82) is 0 Å². The molecule has 0 heterocycles. The number of methoxy groups -OCH3 is 2. The van der Waals surface area contributed by atoms with E-state index in [0.29, 0.717) is 19.8 Å². The van der Waals surface area contributed by atoms with Crippen molar-refractivity contribution >= 4 is 12.0 Å². The lowest BCUT2D eigenvalue weighted by Gasteiger charge is -2.32. The van der Waals surface area contributed by atoms with E-state index in [1.54, 1.807) is 7.11 Å². The minimum atomic E-state index is -1.32. The third-order valence-electron chi connectivity index (χ3n) is 2.69. The molecule has 0 spiro atoms. The van der Waals surface area contributed by atoms with Crippen molar-refractivity contribution < 1.29 is 24.2 Å². The fraction of sp³-hybridized carbons (Fsp3) is 0.833. The molecule has 2 N–H and O–H groups in total. The van der Waals surface area contributed by atoms with Gasteiger partial charge >= 0.3 is 12.0 Å². The Balaban J connectivity index is 4.75. The van der Waals surface area contributed by atoms with E-state index in [-0.39, 0.29) is 6.04 Å². The lowest BCUT2D eigenvalue weighted by atomic mass is 10.1. The van der Waals surface area contributed by atoms with Gasteiger partial charge < -0.3 is 24.8 Å². The zero-order chi connectivity index (χ0) is 15.1. The molecule has 0 aromatic carbocycles. The van der Waals surface area contributed by atoms with Crippen molar-refractivity contribution in [3.8, 4) is 0 Å². The second-order valence-corrected chi connectivity index (χ2v) is 4.85. The summed E-state index contributed by atoms with van der Waals surface area (Å²) >= 11 is 0. The Bertz CT molecular complexity index is 306. The number of nitrogens with zero attached hydrogens (tertiary/aromatic N) is 1. The first-order valence-corrected chi connectivity index (χ1v) is 6.06. The fourth-order valence-corrected chi connectivity index (χ4v) is 1.44. The van der Waals surface area contributed by atoms with Crippen LogP contribution in [0.25, 0.3) is 0 Å². The van der Waals surface area contributed by atoms with E-state index in [0.717, 1.165) is 0 Å². The van der Waals surface area contributed by atoms with Crippen LogP contribution in [0.3, 0.4) is 0 Å². The summed E-state index contributed by atoms with van der Waals surface area (Å²) in [7, 11) is 3.09. The second-order valence-electron chi connectivity index (χ2n) is 4.85. The Morgan fingerprint density at radius 2 is 1.89 bits per heavy atom. The standard InChI is InChI=1S/C12H24N2O5/c1-9(8-19-5)14(6-7-18-4)11(17)13-12(2,3)10(15)16/h9H,6-8H2,1-5H3,(H,13,17)(H,15,16). The highest BCUT2D eigenvalue weighted by Crippen LogP contribution is 2.06. The normalized spacial score (nSPS) is 12.9. The molecule has 0 bridgehead atoms. The number of rotatable bonds is 8. The maximum absolute atomic E-state index is 12.1. The Morgan fingerprint density at radius 1 is 1.32 bits per heavy atom. The molecule has 0 aliphatic carbocycles. The number of aliphatic carboxylic acids is 1. The molecule has 0 aromatic heterocycles. The molecule has 0 aliphatic rings. The lowest BCUT2D eigenvalue weighted by Crippen LogP contribution is -2.57. The highest BCUT2D eigenvalue weighted by molar-refractivity contribution is 5.85. The second kappa shape index (κ2) is 7.96. The van der Waals surface area contributed by atoms with Crippen LogP contribution in [0, 0.1) is 0 Å². The van der Waals surface area contributed by atoms with Crippen LogP contribution in [0.5, 0.6) is 0 Å². The summed E-state index contributed by atoms with van der Waals surface area (Å²) in [5.74, 6) is -1.09. The molecular formula is C12H24N2O5. The zero-order valence-corrected chi connectivity index (χ0v) is 12.2. The molecule has 112 valence electrons. The van der Waals surface area contributed by atoms with Gasteiger partial charge in [0.25, 0.3) is 0 Å². The average molecular weight is 276 g/mol. The van der Waals surface area contributed by atoms with Crippen molar-refractivity contribution in [2.45, 2.75) is 32.4 Å². The van der Waals surface area contributed by atoms with Crippen molar-refractivity contribution in [1.82, 2.24) is 10.2 Å². The summed E-state index contributed by atoms with van der Waals surface area (Å²) < 4.78 is 9.96. The number of hydrogen-bond acceptors (Lipinski definition) is 4. The Kier molecular flexibility index (Phi) is 7.40. The molecule has 1 unspecified atom stereocenters. The van der Waals surface area contributed by atoms with Gasteiger partial charge in [-0.25, -0.2) is 9.59 Å². The van der Waals surface area contributed by atoms with Gasteiger partial charge in [0.1, 0.15) is 5.54 Å². The maximum Gasteiger partial charge on any atom is 0.328 e. The van der Waals surface area contributed by atoms with Gasteiger partial charge in [0.2, 0.25) is 0 Å². The molecule has 2 amide bonds. The van der Waals surface area contributed by atoms with Gasteiger partial charge in [0, 0.05) is 20.8 Å². The van der Waals surface area contributed by atoms with Crippen LogP contribution in [-0.2, 0) is 14.3 Å². The summed E-state index contributed by atoms with van der Waals surface area (Å²) in [5, 5.41) is 11.5. The minimum Gasteiger partial charge on any atom is -0.480 e. The van der Waals surface area contributed by atoms with Crippen LogP contribution in [0.4, 0.5) is 4.79 Å². The molecule has 19 heavy (non-hydrogen) atoms. The van der Waals surface area contributed by atoms with E-state index in [9.17, 15) is 9.59 Å². The summed E-state index contributed by atoms with van der Waals surface area (Å²) in [6, 6.07) is -0.626. The van der Waals surface area contributed by atoms with E-state index >= 15 is 0 Å². The van der Waals surface area contributed by atoms with Gasteiger partial charge in [0.15, 0.2) is 0 Å². The first-order valence-electron chi connectivity index (χ1n) is 6.06. The molecule has 1 atom stereocenters.